The molecule has 1 aromatic rings. The van der Waals surface area contributed by atoms with Gasteiger partial charge in [-0.05, 0) is 43.5 Å². The zero-order valence-corrected chi connectivity index (χ0v) is 11.4. The van der Waals surface area contributed by atoms with Crippen molar-refractivity contribution in [2.75, 3.05) is 19.6 Å². The zero-order valence-electron chi connectivity index (χ0n) is 10.6. The Morgan fingerprint density at radius 2 is 2.26 bits per heavy atom. The Bertz CT molecular complexity index is 492. The molecule has 0 radical (unpaired) electrons. The van der Waals surface area contributed by atoms with Crippen LogP contribution < -0.4 is 5.32 Å². The molecule has 1 aromatic carbocycles. The number of benzene rings is 1. The maximum Gasteiger partial charge on any atom is 0.255 e. The number of phenols is 1. The molecule has 0 spiro atoms. The molecule has 0 unspecified atom stereocenters. The predicted octanol–water partition coefficient (Wildman–Crippen LogP) is 1.87. The van der Waals surface area contributed by atoms with Gasteiger partial charge in [0.15, 0.2) is 0 Å². The molecule has 0 saturated carbocycles. The highest BCUT2D eigenvalue weighted by molar-refractivity contribution is 6.33. The monoisotopic (exact) mass is 280 g/mol. The Hall–Kier alpha value is -1.26. The Morgan fingerprint density at radius 1 is 1.42 bits per heavy atom. The third-order valence-electron chi connectivity index (χ3n) is 4.07. The number of amides is 1. The van der Waals surface area contributed by atoms with Gasteiger partial charge in [-0.3, -0.25) is 4.79 Å². The number of aromatic hydroxyl groups is 1. The number of halogens is 1. The molecule has 0 aromatic heterocycles. The first kappa shape index (κ1) is 12.8. The smallest absolute Gasteiger partial charge is 0.255 e. The Kier molecular flexibility index (Phi) is 3.37. The molecule has 0 aliphatic carbocycles. The fraction of sp³-hybridized carbons (Fsp3) is 0.500. The molecule has 5 heteroatoms. The van der Waals surface area contributed by atoms with Gasteiger partial charge in [0.1, 0.15) is 5.75 Å². The van der Waals surface area contributed by atoms with Gasteiger partial charge in [-0.1, -0.05) is 11.6 Å². The van der Waals surface area contributed by atoms with E-state index in [-0.39, 0.29) is 11.7 Å². The summed E-state index contributed by atoms with van der Waals surface area (Å²) in [5.74, 6) is 0.536. The van der Waals surface area contributed by atoms with E-state index in [0.717, 1.165) is 19.6 Å². The summed E-state index contributed by atoms with van der Waals surface area (Å²) in [6, 6.07) is 4.91. The molecule has 4 nitrogen and oxygen atoms in total. The molecule has 2 fully saturated rings. The number of nitrogens with one attached hydrogen (secondary N) is 1. The first-order valence-corrected chi connectivity index (χ1v) is 7.04. The first-order valence-electron chi connectivity index (χ1n) is 6.66. The fourth-order valence-electron chi connectivity index (χ4n) is 3.06. The quantitative estimate of drug-likeness (QED) is 0.826. The second-order valence-corrected chi connectivity index (χ2v) is 5.74. The topological polar surface area (TPSA) is 52.6 Å². The van der Waals surface area contributed by atoms with Crippen LogP contribution in [0.5, 0.6) is 5.75 Å². The average molecular weight is 281 g/mol. The molecule has 2 N–H and O–H groups in total. The summed E-state index contributed by atoms with van der Waals surface area (Å²) in [5, 5.41) is 13.4. The predicted molar refractivity (Wildman–Crippen MR) is 73.5 cm³/mol. The van der Waals surface area contributed by atoms with Crippen molar-refractivity contribution in [3.05, 3.63) is 28.8 Å². The van der Waals surface area contributed by atoms with Gasteiger partial charge in [0.25, 0.3) is 5.91 Å². The van der Waals surface area contributed by atoms with Gasteiger partial charge in [-0.15, -0.1) is 0 Å². The Balaban J connectivity index is 1.79. The Morgan fingerprint density at radius 3 is 3.05 bits per heavy atom. The SMILES string of the molecule is O=C(c1cc(O)ccc1Cl)N1C[C@@H]2CCCN[C@@H]2C1. The summed E-state index contributed by atoms with van der Waals surface area (Å²) in [7, 11) is 0. The molecule has 102 valence electrons. The zero-order chi connectivity index (χ0) is 13.4. The van der Waals surface area contributed by atoms with Gasteiger partial charge in [0, 0.05) is 19.1 Å². The maximum absolute atomic E-state index is 12.5. The minimum absolute atomic E-state index is 0.0717. The van der Waals surface area contributed by atoms with E-state index >= 15 is 0 Å². The fourth-order valence-corrected chi connectivity index (χ4v) is 3.26. The van der Waals surface area contributed by atoms with Crippen molar-refractivity contribution >= 4 is 17.5 Å². The van der Waals surface area contributed by atoms with E-state index in [2.05, 4.69) is 5.32 Å². The van der Waals surface area contributed by atoms with Crippen molar-refractivity contribution in [2.45, 2.75) is 18.9 Å². The van der Waals surface area contributed by atoms with Crippen LogP contribution in [0.25, 0.3) is 0 Å². The van der Waals surface area contributed by atoms with E-state index in [4.69, 9.17) is 11.6 Å². The normalized spacial score (nSPS) is 26.3. The number of fused-ring (bicyclic) bond motifs is 1. The van der Waals surface area contributed by atoms with Crippen molar-refractivity contribution in [1.82, 2.24) is 10.2 Å². The van der Waals surface area contributed by atoms with Gasteiger partial charge < -0.3 is 15.3 Å². The van der Waals surface area contributed by atoms with Crippen molar-refractivity contribution < 1.29 is 9.90 Å². The number of carbonyl (C=O) groups is 1. The van der Waals surface area contributed by atoms with E-state index in [9.17, 15) is 9.90 Å². The Labute approximate surface area is 117 Å². The second kappa shape index (κ2) is 5.02. The highest BCUT2D eigenvalue weighted by atomic mass is 35.5. The van der Waals surface area contributed by atoms with E-state index in [1.807, 2.05) is 4.90 Å². The lowest BCUT2D eigenvalue weighted by molar-refractivity contribution is 0.0785. The summed E-state index contributed by atoms with van der Waals surface area (Å²) < 4.78 is 0. The average Bonchev–Trinajstić information content (AvgIpc) is 2.84. The molecule has 2 saturated heterocycles. The molecule has 19 heavy (non-hydrogen) atoms. The number of piperidine rings is 1. The van der Waals surface area contributed by atoms with Gasteiger partial charge in [0.05, 0.1) is 10.6 Å². The van der Waals surface area contributed by atoms with Crippen LogP contribution in [-0.4, -0.2) is 41.6 Å². The summed E-state index contributed by atoms with van der Waals surface area (Å²) >= 11 is 6.05. The standard InChI is InChI=1S/C14H17ClN2O2/c15-12-4-3-10(18)6-11(12)14(19)17-7-9-2-1-5-16-13(9)8-17/h3-4,6,9,13,16,18H,1-2,5,7-8H2/t9-,13+/m0/s1. The summed E-state index contributed by atoms with van der Waals surface area (Å²) in [6.45, 7) is 2.55. The highest BCUT2D eigenvalue weighted by Gasteiger charge is 2.37. The maximum atomic E-state index is 12.5. The lowest BCUT2D eigenvalue weighted by Crippen LogP contribution is -2.41. The van der Waals surface area contributed by atoms with Crippen molar-refractivity contribution in [1.29, 1.82) is 0 Å². The third kappa shape index (κ3) is 2.42. The van der Waals surface area contributed by atoms with Crippen molar-refractivity contribution in [3.8, 4) is 5.75 Å². The van der Waals surface area contributed by atoms with Crippen LogP contribution in [0.15, 0.2) is 18.2 Å². The number of hydrogen-bond donors (Lipinski definition) is 2. The van der Waals surface area contributed by atoms with Gasteiger partial charge >= 0.3 is 0 Å². The first-order chi connectivity index (χ1) is 9.15. The molecular formula is C14H17ClN2O2. The van der Waals surface area contributed by atoms with Crippen molar-refractivity contribution in [3.63, 3.8) is 0 Å². The van der Waals surface area contributed by atoms with Crippen LogP contribution in [0, 0.1) is 5.92 Å². The van der Waals surface area contributed by atoms with Crippen LogP contribution >= 0.6 is 11.6 Å². The van der Waals surface area contributed by atoms with Crippen LogP contribution in [0.2, 0.25) is 5.02 Å². The van der Waals surface area contributed by atoms with Crippen LogP contribution in [-0.2, 0) is 0 Å². The summed E-state index contributed by atoms with van der Waals surface area (Å²) in [5.41, 5.74) is 0.389. The largest absolute Gasteiger partial charge is 0.508 e. The highest BCUT2D eigenvalue weighted by Crippen LogP contribution is 2.28. The lowest BCUT2D eigenvalue weighted by atomic mass is 9.94. The van der Waals surface area contributed by atoms with Crippen LogP contribution in [0.4, 0.5) is 0 Å². The van der Waals surface area contributed by atoms with Crippen LogP contribution in [0.1, 0.15) is 23.2 Å². The molecule has 0 bridgehead atoms. The van der Waals surface area contributed by atoms with E-state index in [1.54, 1.807) is 6.07 Å². The molecule has 2 atom stereocenters. The summed E-state index contributed by atoms with van der Waals surface area (Å²) in [4.78, 5) is 14.3. The number of carbonyl (C=O) groups excluding carboxylic acids is 1. The van der Waals surface area contributed by atoms with E-state index in [1.165, 1.54) is 25.0 Å². The molecular weight excluding hydrogens is 264 g/mol. The molecule has 3 rings (SSSR count). The number of rotatable bonds is 1. The van der Waals surface area contributed by atoms with Gasteiger partial charge in [0.2, 0.25) is 0 Å². The minimum atomic E-state index is -0.0860. The van der Waals surface area contributed by atoms with Gasteiger partial charge in [-0.2, -0.15) is 0 Å². The van der Waals surface area contributed by atoms with Gasteiger partial charge in [-0.25, -0.2) is 0 Å². The van der Waals surface area contributed by atoms with E-state index in [0.29, 0.717) is 22.5 Å². The number of nitrogens with zero attached hydrogens (tertiary/aromatic N) is 1. The number of hydrogen-bond acceptors (Lipinski definition) is 3. The third-order valence-corrected chi connectivity index (χ3v) is 4.40. The number of likely N-dealkylation sites (tertiary alicyclic amines) is 1. The molecule has 2 aliphatic heterocycles. The molecule has 2 heterocycles. The van der Waals surface area contributed by atoms with Crippen LogP contribution in [0.3, 0.4) is 0 Å². The lowest BCUT2D eigenvalue weighted by Gasteiger charge is -2.24. The molecule has 2 aliphatic rings. The van der Waals surface area contributed by atoms with E-state index < -0.39 is 0 Å². The minimum Gasteiger partial charge on any atom is -0.508 e. The summed E-state index contributed by atoms with van der Waals surface area (Å²) in [6.07, 6.45) is 2.35. The second-order valence-electron chi connectivity index (χ2n) is 5.34. The number of phenolic OH excluding ortho intramolecular Hbond substituents is 1. The van der Waals surface area contributed by atoms with Crippen molar-refractivity contribution in [2.24, 2.45) is 5.92 Å². The molecule has 1 amide bonds.